The quantitative estimate of drug-likeness (QED) is 0.110. The van der Waals surface area contributed by atoms with Crippen LogP contribution >= 0.6 is 0 Å². The van der Waals surface area contributed by atoms with Crippen LogP contribution in [0.25, 0.3) is 0 Å². The van der Waals surface area contributed by atoms with Gasteiger partial charge < -0.3 is 0 Å². The third kappa shape index (κ3) is 20.7. The van der Waals surface area contributed by atoms with Crippen LogP contribution in [0.5, 0.6) is 0 Å². The van der Waals surface area contributed by atoms with Crippen molar-refractivity contribution in [1.29, 1.82) is 0 Å². The monoisotopic (exact) mass is 1320 g/mol. The van der Waals surface area contributed by atoms with Crippen molar-refractivity contribution in [2.45, 2.75) is 181 Å². The standard InChI is InChI=1S/4C10H11F7O2.Ce/c4*1-7(2,3)5(18)4-6(19)8(11,12)9(13,14)10(15,16)17;/h4*4H2,1-3H3;. The Morgan fingerprint density at radius 2 is 0.299 bits per heavy atom. The van der Waals surface area contributed by atoms with Crippen molar-refractivity contribution in [3.63, 3.8) is 0 Å². The summed E-state index contributed by atoms with van der Waals surface area (Å²) >= 11 is 0. The van der Waals surface area contributed by atoms with Crippen LogP contribution in [0.3, 0.4) is 0 Å². The molecule has 0 amide bonds. The molecular formula is C40H44CeF28O8. The fourth-order valence-corrected chi connectivity index (χ4v) is 3.50. The van der Waals surface area contributed by atoms with E-state index in [1.165, 1.54) is 83.1 Å². The summed E-state index contributed by atoms with van der Waals surface area (Å²) in [6.45, 7) is 14.5. The van der Waals surface area contributed by atoms with Gasteiger partial charge in [-0.1, -0.05) is 83.1 Å². The van der Waals surface area contributed by atoms with E-state index in [9.17, 15) is 161 Å². The van der Waals surface area contributed by atoms with Crippen molar-refractivity contribution in [1.82, 2.24) is 0 Å². The molecule has 77 heavy (non-hydrogen) atoms. The zero-order chi connectivity index (χ0) is 63.4. The molecule has 8 nitrogen and oxygen atoms in total. The summed E-state index contributed by atoms with van der Waals surface area (Å²) in [6, 6.07) is 0. The second-order valence-electron chi connectivity index (χ2n) is 19.7. The van der Waals surface area contributed by atoms with Gasteiger partial charge in [0.2, 0.25) is 23.1 Å². The van der Waals surface area contributed by atoms with Crippen molar-refractivity contribution >= 4 is 46.3 Å². The number of hydrogen-bond acceptors (Lipinski definition) is 8. The van der Waals surface area contributed by atoms with Gasteiger partial charge in [0.05, 0.1) is 25.7 Å². The molecule has 0 aliphatic heterocycles. The summed E-state index contributed by atoms with van der Waals surface area (Å²) in [7, 11) is 0. The Kier molecular flexibility index (Phi) is 27.6. The maximum absolute atomic E-state index is 12.9. The van der Waals surface area contributed by atoms with E-state index in [1.54, 1.807) is 0 Å². The average molecular weight is 1320 g/mol. The van der Waals surface area contributed by atoms with Crippen molar-refractivity contribution < 1.29 is 203 Å². The minimum Gasteiger partial charge on any atom is -0.299 e. The number of carbonyl (C=O) groups is 8. The molecule has 0 N–H and O–H groups in total. The fourth-order valence-electron chi connectivity index (χ4n) is 3.50. The van der Waals surface area contributed by atoms with Crippen LogP contribution in [0.1, 0.15) is 109 Å². The van der Waals surface area contributed by atoms with E-state index in [1.807, 2.05) is 0 Å². The third-order valence-electron chi connectivity index (χ3n) is 9.03. The van der Waals surface area contributed by atoms with Crippen LogP contribution in [-0.4, -0.2) is 118 Å². The van der Waals surface area contributed by atoms with Gasteiger partial charge in [-0.05, 0) is 0 Å². The van der Waals surface area contributed by atoms with Gasteiger partial charge in [-0.15, -0.1) is 0 Å². The average Bonchev–Trinajstić information content (AvgIpc) is 3.14. The summed E-state index contributed by atoms with van der Waals surface area (Å²) in [6.07, 6.45) is -33.1. The van der Waals surface area contributed by atoms with Gasteiger partial charge in [0.1, 0.15) is 23.1 Å². The molecule has 0 aromatic rings. The van der Waals surface area contributed by atoms with Gasteiger partial charge in [-0.3, -0.25) is 38.4 Å². The molecule has 0 atom stereocenters. The molecule has 0 bridgehead atoms. The molecule has 452 valence electrons. The van der Waals surface area contributed by atoms with Crippen LogP contribution < -0.4 is 0 Å². The molecule has 0 aromatic carbocycles. The fraction of sp³-hybridized carbons (Fsp3) is 0.800. The number of alkyl halides is 28. The maximum atomic E-state index is 12.9. The molecule has 0 radical (unpaired) electrons. The molecule has 0 unspecified atom stereocenters. The topological polar surface area (TPSA) is 137 Å². The van der Waals surface area contributed by atoms with Gasteiger partial charge in [-0.2, -0.15) is 123 Å². The molecular weight excluding hydrogens is 1280 g/mol. The van der Waals surface area contributed by atoms with Crippen LogP contribution in [0.2, 0.25) is 0 Å². The first-order chi connectivity index (χ1) is 32.2. The molecule has 0 rings (SSSR count). The van der Waals surface area contributed by atoms with Crippen LogP contribution in [0, 0.1) is 63.4 Å². The van der Waals surface area contributed by atoms with Crippen molar-refractivity contribution in [3.8, 4) is 0 Å². The van der Waals surface area contributed by atoms with Gasteiger partial charge in [-0.25, -0.2) is 0 Å². The van der Waals surface area contributed by atoms with Crippen LogP contribution in [-0.2, 0) is 38.4 Å². The second-order valence-corrected chi connectivity index (χ2v) is 19.7. The Bertz CT molecular complexity index is 1810. The first-order valence-electron chi connectivity index (χ1n) is 19.8. The molecule has 0 aliphatic carbocycles. The van der Waals surface area contributed by atoms with E-state index < -0.39 is 166 Å². The first kappa shape index (κ1) is 82.6. The molecule has 37 heteroatoms. The number of carbonyl (C=O) groups excluding carboxylic acids is 8. The second kappa shape index (κ2) is 25.7. The van der Waals surface area contributed by atoms with E-state index in [-0.39, 0.29) is 41.7 Å². The van der Waals surface area contributed by atoms with E-state index in [2.05, 4.69) is 0 Å². The van der Waals surface area contributed by atoms with Crippen molar-refractivity contribution in [2.24, 2.45) is 21.7 Å². The van der Waals surface area contributed by atoms with E-state index >= 15 is 0 Å². The Labute approximate surface area is 450 Å². The summed E-state index contributed by atoms with van der Waals surface area (Å²) in [5.41, 5.74) is -5.23. The molecule has 0 aliphatic rings. The summed E-state index contributed by atoms with van der Waals surface area (Å²) in [5.74, 6) is -65.6. The number of Topliss-reactive ketones (excluding diaryl/α,β-unsaturated/α-hetero) is 8. The Balaban J connectivity index is -0.000000298. The Morgan fingerprint density at radius 1 is 0.208 bits per heavy atom. The predicted molar refractivity (Wildman–Crippen MR) is 200 cm³/mol. The zero-order valence-corrected chi connectivity index (χ0v) is 44.3. The van der Waals surface area contributed by atoms with E-state index in [0.29, 0.717) is 0 Å². The van der Waals surface area contributed by atoms with E-state index in [4.69, 9.17) is 0 Å². The third-order valence-corrected chi connectivity index (χ3v) is 9.03. The van der Waals surface area contributed by atoms with Crippen molar-refractivity contribution in [2.75, 3.05) is 0 Å². The minimum absolute atomic E-state index is 0. The minimum atomic E-state index is -6.59. The molecule has 0 spiro atoms. The van der Waals surface area contributed by atoms with Gasteiger partial charge >= 0.3 is 72.1 Å². The normalized spacial score (nSPS) is 14.2. The van der Waals surface area contributed by atoms with Gasteiger partial charge in [0.25, 0.3) is 0 Å². The summed E-state index contributed by atoms with van der Waals surface area (Å²) in [5, 5.41) is 0. The summed E-state index contributed by atoms with van der Waals surface area (Å²) < 4.78 is 344. The van der Waals surface area contributed by atoms with E-state index in [0.717, 1.165) is 0 Å². The smallest absolute Gasteiger partial charge is 0.299 e. The number of hydrogen-bond donors (Lipinski definition) is 0. The van der Waals surface area contributed by atoms with Gasteiger partial charge in [0, 0.05) is 63.4 Å². The predicted octanol–water partition coefficient (Wildman–Crippen LogP) is 13.6. The molecule has 0 aromatic heterocycles. The Morgan fingerprint density at radius 3 is 0.364 bits per heavy atom. The van der Waals surface area contributed by atoms with Crippen LogP contribution in [0.15, 0.2) is 0 Å². The number of halogens is 28. The molecule has 0 saturated carbocycles. The first-order valence-corrected chi connectivity index (χ1v) is 19.8. The molecule has 0 fully saturated rings. The van der Waals surface area contributed by atoms with Crippen molar-refractivity contribution in [3.05, 3.63) is 0 Å². The van der Waals surface area contributed by atoms with Crippen LogP contribution in [0.4, 0.5) is 123 Å². The Hall–Kier alpha value is -3.22. The maximum Gasteiger partial charge on any atom is 0.460 e. The zero-order valence-electron chi connectivity index (χ0n) is 41.2. The number of ketones is 8. The molecule has 0 heterocycles. The van der Waals surface area contributed by atoms with Gasteiger partial charge in [0.15, 0.2) is 0 Å². The SMILES string of the molecule is CC(C)(C)C(=O)CC(=O)C(F)(F)C(F)(F)C(F)(F)F.CC(C)(C)C(=O)CC(=O)C(F)(F)C(F)(F)C(F)(F)F.CC(C)(C)C(=O)CC(=O)C(F)(F)C(F)(F)C(F)(F)F.CC(C)(C)C(=O)CC(=O)C(F)(F)C(F)(F)C(F)(F)F.[Ce]. The number of rotatable bonds is 16. The largest absolute Gasteiger partial charge is 0.460 e. The summed E-state index contributed by atoms with van der Waals surface area (Å²) in [4.78, 5) is 88.3. The molecule has 0 saturated heterocycles.